The number of rotatable bonds is 6. The number of pyridine rings is 1. The Labute approximate surface area is 181 Å². The van der Waals surface area contributed by atoms with E-state index in [2.05, 4.69) is 25.8 Å². The van der Waals surface area contributed by atoms with Crippen LogP contribution in [-0.4, -0.2) is 62.8 Å². The van der Waals surface area contributed by atoms with Gasteiger partial charge in [-0.3, -0.25) is 14.5 Å². The van der Waals surface area contributed by atoms with Crippen molar-refractivity contribution < 1.29 is 19.8 Å². The van der Waals surface area contributed by atoms with Crippen LogP contribution in [0.2, 0.25) is 0 Å². The van der Waals surface area contributed by atoms with Crippen molar-refractivity contribution in [3.63, 3.8) is 0 Å². The van der Waals surface area contributed by atoms with Crippen molar-refractivity contribution >= 4 is 44.6 Å². The Hall–Kier alpha value is -2.91. The van der Waals surface area contributed by atoms with Gasteiger partial charge in [-0.25, -0.2) is 4.98 Å². The lowest BCUT2D eigenvalue weighted by Gasteiger charge is -2.38. The predicted molar refractivity (Wildman–Crippen MR) is 116 cm³/mol. The molecule has 156 valence electrons. The van der Waals surface area contributed by atoms with Gasteiger partial charge in [0.05, 0.1) is 5.52 Å². The lowest BCUT2D eigenvalue weighted by molar-refractivity contribution is -0.143. The van der Waals surface area contributed by atoms with Gasteiger partial charge in [-0.15, -0.1) is 0 Å². The highest BCUT2D eigenvalue weighted by Crippen LogP contribution is 2.33. The van der Waals surface area contributed by atoms with Crippen LogP contribution in [0, 0.1) is 0 Å². The molecule has 1 fully saturated rings. The average Bonchev–Trinajstić information content (AvgIpc) is 3.05. The zero-order valence-electron chi connectivity index (χ0n) is 16.1. The summed E-state index contributed by atoms with van der Waals surface area (Å²) in [4.78, 5) is 32.0. The largest absolute Gasteiger partial charge is 0.480 e. The molecule has 0 saturated carbocycles. The molecule has 0 spiro atoms. The number of carboxylic acids is 2. The molecule has 1 aromatic carbocycles. The molecular formula is C21H21BrN4O4. The third kappa shape index (κ3) is 4.03. The van der Waals surface area contributed by atoms with Gasteiger partial charge in [0.2, 0.25) is 0 Å². The number of fused-ring (bicyclic) bond motifs is 1. The molecule has 3 aromatic rings. The number of aliphatic carboxylic acids is 2. The molecular weight excluding hydrogens is 452 g/mol. The molecule has 0 aliphatic carbocycles. The van der Waals surface area contributed by atoms with E-state index in [1.165, 1.54) is 0 Å². The maximum Gasteiger partial charge on any atom is 0.325 e. The Balaban J connectivity index is 1.65. The monoisotopic (exact) mass is 472 g/mol. The summed E-state index contributed by atoms with van der Waals surface area (Å²) in [5.74, 6) is -1.04. The van der Waals surface area contributed by atoms with Crippen LogP contribution in [0.1, 0.15) is 11.6 Å². The second-order valence-electron chi connectivity index (χ2n) is 7.22. The minimum atomic E-state index is -0.978. The van der Waals surface area contributed by atoms with Gasteiger partial charge in [-0.2, -0.15) is 0 Å². The fraction of sp³-hybridized carbons (Fsp3) is 0.286. The van der Waals surface area contributed by atoms with Gasteiger partial charge in [-0.1, -0.05) is 28.1 Å². The van der Waals surface area contributed by atoms with E-state index in [9.17, 15) is 19.8 Å². The standard InChI is InChI=1S/C21H21BrN4O4/c22-14-4-5-15-16(12-26(13-19(27)28)17(15)11-14)20(21(29)30)25-9-7-24(8-10-25)18-3-1-2-6-23-18/h1-6,11-12,20H,7-10,13H2,(H,27,28)(H,29,30)/t20-/m0/s1. The normalized spacial score (nSPS) is 16.0. The molecule has 30 heavy (non-hydrogen) atoms. The first-order valence-corrected chi connectivity index (χ1v) is 10.4. The Bertz CT molecular complexity index is 1080. The van der Waals surface area contributed by atoms with Crippen LogP contribution in [0.3, 0.4) is 0 Å². The Morgan fingerprint density at radius 3 is 2.50 bits per heavy atom. The molecule has 4 rings (SSSR count). The number of carboxylic acid groups (broad SMARTS) is 2. The Morgan fingerprint density at radius 1 is 1.10 bits per heavy atom. The van der Waals surface area contributed by atoms with Gasteiger partial charge in [0.15, 0.2) is 0 Å². The van der Waals surface area contributed by atoms with Crippen molar-refractivity contribution in [1.82, 2.24) is 14.5 Å². The number of nitrogens with zero attached hydrogens (tertiary/aromatic N) is 4. The Kier molecular flexibility index (Phi) is 5.74. The van der Waals surface area contributed by atoms with Crippen LogP contribution in [0.25, 0.3) is 10.9 Å². The smallest absolute Gasteiger partial charge is 0.325 e. The highest BCUT2D eigenvalue weighted by molar-refractivity contribution is 9.10. The molecule has 0 bridgehead atoms. The average molecular weight is 473 g/mol. The van der Waals surface area contributed by atoms with E-state index >= 15 is 0 Å². The molecule has 2 N–H and O–H groups in total. The van der Waals surface area contributed by atoms with Crippen LogP contribution in [0.5, 0.6) is 0 Å². The van der Waals surface area contributed by atoms with Crippen molar-refractivity contribution in [2.45, 2.75) is 12.6 Å². The number of hydrogen-bond acceptors (Lipinski definition) is 5. The van der Waals surface area contributed by atoms with Gasteiger partial charge in [0, 0.05) is 54.0 Å². The van der Waals surface area contributed by atoms with Gasteiger partial charge in [0.1, 0.15) is 18.4 Å². The van der Waals surface area contributed by atoms with E-state index in [-0.39, 0.29) is 6.54 Å². The summed E-state index contributed by atoms with van der Waals surface area (Å²) in [6.45, 7) is 2.23. The molecule has 0 amide bonds. The predicted octanol–water partition coefficient (Wildman–Crippen LogP) is 2.83. The summed E-state index contributed by atoms with van der Waals surface area (Å²) in [6.07, 6.45) is 3.41. The van der Waals surface area contributed by atoms with Crippen molar-refractivity contribution in [1.29, 1.82) is 0 Å². The third-order valence-electron chi connectivity index (χ3n) is 5.36. The first-order valence-electron chi connectivity index (χ1n) is 9.57. The number of piperazine rings is 1. The Morgan fingerprint density at radius 2 is 1.87 bits per heavy atom. The summed E-state index contributed by atoms with van der Waals surface area (Å²) in [7, 11) is 0. The van der Waals surface area contributed by atoms with Gasteiger partial charge in [0.25, 0.3) is 0 Å². The summed E-state index contributed by atoms with van der Waals surface area (Å²) in [6, 6.07) is 10.4. The maximum absolute atomic E-state index is 12.3. The van der Waals surface area contributed by atoms with Crippen LogP contribution in [-0.2, 0) is 16.1 Å². The van der Waals surface area contributed by atoms with Gasteiger partial charge < -0.3 is 19.7 Å². The molecule has 1 aliphatic rings. The minimum absolute atomic E-state index is 0.229. The van der Waals surface area contributed by atoms with E-state index in [1.807, 2.05) is 41.3 Å². The molecule has 2 aromatic heterocycles. The number of carbonyl (C=O) groups is 2. The van der Waals surface area contributed by atoms with Crippen molar-refractivity contribution in [2.24, 2.45) is 0 Å². The van der Waals surface area contributed by atoms with Crippen LogP contribution < -0.4 is 4.90 Å². The molecule has 8 nitrogen and oxygen atoms in total. The van der Waals surface area contributed by atoms with Crippen LogP contribution in [0.4, 0.5) is 5.82 Å². The molecule has 1 aliphatic heterocycles. The minimum Gasteiger partial charge on any atom is -0.480 e. The first-order chi connectivity index (χ1) is 14.4. The number of hydrogen-bond donors (Lipinski definition) is 2. The number of anilines is 1. The number of benzene rings is 1. The second kappa shape index (κ2) is 8.45. The zero-order chi connectivity index (χ0) is 21.3. The fourth-order valence-electron chi connectivity index (χ4n) is 4.02. The molecule has 0 radical (unpaired) electrons. The first kappa shape index (κ1) is 20.4. The quantitative estimate of drug-likeness (QED) is 0.568. The van der Waals surface area contributed by atoms with Gasteiger partial charge in [-0.05, 0) is 24.3 Å². The summed E-state index contributed by atoms with van der Waals surface area (Å²) >= 11 is 3.41. The lowest BCUT2D eigenvalue weighted by atomic mass is 10.0. The van der Waals surface area contributed by atoms with Crippen molar-refractivity contribution in [3.05, 3.63) is 58.8 Å². The number of halogens is 1. The molecule has 3 heterocycles. The van der Waals surface area contributed by atoms with E-state index in [1.54, 1.807) is 17.0 Å². The lowest BCUT2D eigenvalue weighted by Crippen LogP contribution is -2.49. The summed E-state index contributed by atoms with van der Waals surface area (Å²) < 4.78 is 2.40. The van der Waals surface area contributed by atoms with Crippen LogP contribution in [0.15, 0.2) is 53.3 Å². The topological polar surface area (TPSA) is 98.9 Å². The highest BCUT2D eigenvalue weighted by atomic mass is 79.9. The molecule has 1 atom stereocenters. The summed E-state index contributed by atoms with van der Waals surface area (Å²) in [5, 5.41) is 20.1. The zero-order valence-corrected chi connectivity index (χ0v) is 17.7. The second-order valence-corrected chi connectivity index (χ2v) is 8.13. The summed E-state index contributed by atoms with van der Waals surface area (Å²) in [5.41, 5.74) is 1.30. The third-order valence-corrected chi connectivity index (χ3v) is 5.86. The van der Waals surface area contributed by atoms with E-state index in [4.69, 9.17) is 0 Å². The number of aromatic nitrogens is 2. The highest BCUT2D eigenvalue weighted by Gasteiger charge is 2.33. The van der Waals surface area contributed by atoms with Crippen LogP contribution >= 0.6 is 15.9 Å². The van der Waals surface area contributed by atoms with E-state index < -0.39 is 18.0 Å². The van der Waals surface area contributed by atoms with Crippen molar-refractivity contribution in [3.8, 4) is 0 Å². The van der Waals surface area contributed by atoms with E-state index in [0.717, 1.165) is 15.7 Å². The molecule has 0 unspecified atom stereocenters. The van der Waals surface area contributed by atoms with Gasteiger partial charge >= 0.3 is 11.9 Å². The van der Waals surface area contributed by atoms with Crippen molar-refractivity contribution in [2.75, 3.05) is 31.1 Å². The fourth-order valence-corrected chi connectivity index (χ4v) is 4.37. The molecule has 9 heteroatoms. The molecule has 1 saturated heterocycles. The SMILES string of the molecule is O=C(O)Cn1cc([C@@H](C(=O)O)N2CCN(c3ccccn3)CC2)c2ccc(Br)cc21. The van der Waals surface area contributed by atoms with E-state index in [0.29, 0.717) is 37.3 Å². The maximum atomic E-state index is 12.3.